The zero-order valence-corrected chi connectivity index (χ0v) is 16.5. The molecule has 1 aliphatic rings. The molecule has 0 radical (unpaired) electrons. The lowest BCUT2D eigenvalue weighted by Crippen LogP contribution is -2.29. The first-order valence-corrected chi connectivity index (χ1v) is 10.5. The Morgan fingerprint density at radius 2 is 1.58 bits per heavy atom. The van der Waals surface area contributed by atoms with E-state index in [0.29, 0.717) is 12.1 Å². The molecular formula is C21H14F4N2O3S. The molecule has 1 amide bonds. The fourth-order valence-corrected chi connectivity index (χ4v) is 4.90. The summed E-state index contributed by atoms with van der Waals surface area (Å²) in [5, 5.41) is 1.76. The first-order chi connectivity index (χ1) is 14.7. The molecule has 5 nitrogen and oxygen atoms in total. The molecule has 3 aromatic rings. The summed E-state index contributed by atoms with van der Waals surface area (Å²) in [5.74, 6) is -8.05. The largest absolute Gasteiger partial charge is 0.317 e. The van der Waals surface area contributed by atoms with E-state index in [9.17, 15) is 30.8 Å². The number of carbonyl (C=O) groups excluding carboxylic acids is 1. The molecule has 160 valence electrons. The summed E-state index contributed by atoms with van der Waals surface area (Å²) in [6, 6.07) is 11.8. The highest BCUT2D eigenvalue weighted by Crippen LogP contribution is 2.33. The van der Waals surface area contributed by atoms with Gasteiger partial charge in [-0.05, 0) is 36.2 Å². The quantitative estimate of drug-likeness (QED) is 0.478. The Kier molecular flexibility index (Phi) is 5.18. The minimum absolute atomic E-state index is 0.0153. The monoisotopic (exact) mass is 450 g/mol. The molecule has 0 atom stereocenters. The van der Waals surface area contributed by atoms with Crippen molar-refractivity contribution in [3.05, 3.63) is 89.0 Å². The number of para-hydroxylation sites is 1. The maximum atomic E-state index is 13.8. The van der Waals surface area contributed by atoms with Gasteiger partial charge in [-0.15, -0.1) is 0 Å². The molecule has 0 saturated heterocycles. The SMILES string of the molecule is O=C(Nc1c(F)c(F)cc(F)c1F)c1cccc(S(=O)(=O)N2CCc3ccccc32)c1. The fourth-order valence-electron chi connectivity index (χ4n) is 3.35. The Hall–Kier alpha value is -3.40. The van der Waals surface area contributed by atoms with Gasteiger partial charge in [0.25, 0.3) is 15.9 Å². The van der Waals surface area contributed by atoms with Gasteiger partial charge in [0.1, 0.15) is 5.69 Å². The maximum absolute atomic E-state index is 13.8. The highest BCUT2D eigenvalue weighted by molar-refractivity contribution is 7.92. The molecule has 0 aromatic heterocycles. The number of fused-ring (bicyclic) bond motifs is 1. The second-order valence-electron chi connectivity index (χ2n) is 6.78. The Bertz CT molecular complexity index is 1290. The van der Waals surface area contributed by atoms with E-state index in [-0.39, 0.29) is 23.1 Å². The van der Waals surface area contributed by atoms with Crippen LogP contribution in [0, 0.1) is 23.3 Å². The lowest BCUT2D eigenvalue weighted by molar-refractivity contribution is 0.102. The molecule has 4 rings (SSSR count). The Morgan fingerprint density at radius 1 is 0.903 bits per heavy atom. The average Bonchev–Trinajstić information content (AvgIpc) is 3.20. The number of anilines is 2. The predicted molar refractivity (Wildman–Crippen MR) is 105 cm³/mol. The van der Waals surface area contributed by atoms with Crippen LogP contribution in [0.5, 0.6) is 0 Å². The summed E-state index contributed by atoms with van der Waals surface area (Å²) >= 11 is 0. The summed E-state index contributed by atoms with van der Waals surface area (Å²) in [6.45, 7) is 0.219. The van der Waals surface area contributed by atoms with Crippen molar-refractivity contribution in [1.82, 2.24) is 0 Å². The van der Waals surface area contributed by atoms with E-state index in [1.165, 1.54) is 22.5 Å². The first-order valence-electron chi connectivity index (χ1n) is 9.05. The number of halogens is 4. The molecule has 3 aromatic carbocycles. The van der Waals surface area contributed by atoms with Crippen LogP contribution in [-0.2, 0) is 16.4 Å². The van der Waals surface area contributed by atoms with Crippen LogP contribution >= 0.6 is 0 Å². The Labute approximate surface area is 175 Å². The van der Waals surface area contributed by atoms with Gasteiger partial charge in [0, 0.05) is 18.2 Å². The molecule has 0 aliphatic carbocycles. The summed E-state index contributed by atoms with van der Waals surface area (Å²) in [7, 11) is -4.03. The third kappa shape index (κ3) is 3.63. The number of amides is 1. The highest BCUT2D eigenvalue weighted by Gasteiger charge is 2.31. The minimum Gasteiger partial charge on any atom is -0.317 e. The third-order valence-electron chi connectivity index (χ3n) is 4.88. The van der Waals surface area contributed by atoms with E-state index in [2.05, 4.69) is 0 Å². The maximum Gasteiger partial charge on any atom is 0.264 e. The number of hydrogen-bond acceptors (Lipinski definition) is 3. The fraction of sp³-hybridized carbons (Fsp3) is 0.0952. The molecule has 1 heterocycles. The van der Waals surface area contributed by atoms with E-state index in [4.69, 9.17) is 0 Å². The molecule has 0 unspecified atom stereocenters. The van der Waals surface area contributed by atoms with Crippen LogP contribution in [0.2, 0.25) is 0 Å². The van der Waals surface area contributed by atoms with E-state index >= 15 is 0 Å². The van der Waals surface area contributed by atoms with Crippen LogP contribution < -0.4 is 9.62 Å². The van der Waals surface area contributed by atoms with Gasteiger partial charge in [-0.3, -0.25) is 9.10 Å². The second kappa shape index (κ2) is 7.69. The van der Waals surface area contributed by atoms with Crippen molar-refractivity contribution >= 4 is 27.3 Å². The lowest BCUT2D eigenvalue weighted by atomic mass is 10.2. The van der Waals surface area contributed by atoms with E-state index in [1.54, 1.807) is 23.5 Å². The summed E-state index contributed by atoms with van der Waals surface area (Å²) < 4.78 is 81.8. The lowest BCUT2D eigenvalue weighted by Gasteiger charge is -2.20. The number of nitrogens with one attached hydrogen (secondary N) is 1. The summed E-state index contributed by atoms with van der Waals surface area (Å²) in [6.07, 6.45) is 0.527. The molecule has 1 aliphatic heterocycles. The van der Waals surface area contributed by atoms with Crippen molar-refractivity contribution in [3.8, 4) is 0 Å². The van der Waals surface area contributed by atoms with Crippen LogP contribution in [0.25, 0.3) is 0 Å². The topological polar surface area (TPSA) is 66.5 Å². The van der Waals surface area contributed by atoms with Crippen molar-refractivity contribution in [2.45, 2.75) is 11.3 Å². The van der Waals surface area contributed by atoms with Crippen molar-refractivity contribution in [2.75, 3.05) is 16.2 Å². The normalized spacial score (nSPS) is 13.2. The number of nitrogens with zero attached hydrogens (tertiary/aromatic N) is 1. The molecule has 0 spiro atoms. The van der Waals surface area contributed by atoms with E-state index < -0.39 is 44.9 Å². The third-order valence-corrected chi connectivity index (χ3v) is 6.69. The minimum atomic E-state index is -4.03. The Balaban J connectivity index is 1.66. The van der Waals surface area contributed by atoms with Gasteiger partial charge in [0.2, 0.25) is 0 Å². The van der Waals surface area contributed by atoms with Gasteiger partial charge >= 0.3 is 0 Å². The molecule has 0 fully saturated rings. The molecule has 1 N–H and O–H groups in total. The molecule has 0 bridgehead atoms. The smallest absolute Gasteiger partial charge is 0.264 e. The van der Waals surface area contributed by atoms with Gasteiger partial charge in [-0.2, -0.15) is 0 Å². The van der Waals surface area contributed by atoms with Crippen LogP contribution in [0.4, 0.5) is 28.9 Å². The number of hydrogen-bond donors (Lipinski definition) is 1. The number of sulfonamides is 1. The molecule has 0 saturated carbocycles. The van der Waals surface area contributed by atoms with E-state index in [1.807, 2.05) is 6.07 Å². The summed E-state index contributed by atoms with van der Waals surface area (Å²) in [5.41, 5.74) is -0.183. The summed E-state index contributed by atoms with van der Waals surface area (Å²) in [4.78, 5) is 12.2. The zero-order chi connectivity index (χ0) is 22.3. The zero-order valence-electron chi connectivity index (χ0n) is 15.7. The van der Waals surface area contributed by atoms with E-state index in [0.717, 1.165) is 11.6 Å². The average molecular weight is 450 g/mol. The van der Waals surface area contributed by atoms with Crippen molar-refractivity contribution in [2.24, 2.45) is 0 Å². The van der Waals surface area contributed by atoms with Gasteiger partial charge in [0.15, 0.2) is 23.3 Å². The van der Waals surface area contributed by atoms with Crippen molar-refractivity contribution in [3.63, 3.8) is 0 Å². The Morgan fingerprint density at radius 3 is 2.29 bits per heavy atom. The highest BCUT2D eigenvalue weighted by atomic mass is 32.2. The molecule has 31 heavy (non-hydrogen) atoms. The number of carbonyl (C=O) groups is 1. The van der Waals surface area contributed by atoms with Crippen molar-refractivity contribution < 1.29 is 30.8 Å². The van der Waals surface area contributed by atoms with Crippen molar-refractivity contribution in [1.29, 1.82) is 0 Å². The molecular weight excluding hydrogens is 436 g/mol. The first kappa shape index (κ1) is 20.9. The van der Waals surface area contributed by atoms with Gasteiger partial charge in [-0.1, -0.05) is 24.3 Å². The number of benzene rings is 3. The molecule has 10 heteroatoms. The van der Waals surface area contributed by atoms with Crippen LogP contribution in [0.15, 0.2) is 59.5 Å². The van der Waals surface area contributed by atoms with Crippen LogP contribution in [-0.4, -0.2) is 20.9 Å². The van der Waals surface area contributed by atoms with Crippen LogP contribution in [0.3, 0.4) is 0 Å². The predicted octanol–water partition coefficient (Wildman–Crippen LogP) is 4.25. The van der Waals surface area contributed by atoms with Gasteiger partial charge in [0.05, 0.1) is 10.6 Å². The second-order valence-corrected chi connectivity index (χ2v) is 8.64. The number of rotatable bonds is 4. The standard InChI is InChI=1S/C21H14F4N2O3S/c22-15-11-16(23)19(25)20(18(15)24)26-21(28)13-5-3-6-14(10-13)31(29,30)27-9-8-12-4-1-2-7-17(12)27/h1-7,10-11H,8-9H2,(H,26,28). The van der Waals surface area contributed by atoms with Gasteiger partial charge in [-0.25, -0.2) is 26.0 Å². The van der Waals surface area contributed by atoms with Gasteiger partial charge < -0.3 is 5.32 Å². The van der Waals surface area contributed by atoms with Crippen LogP contribution in [0.1, 0.15) is 15.9 Å².